The van der Waals surface area contributed by atoms with E-state index < -0.39 is 0 Å². The lowest BCUT2D eigenvalue weighted by Crippen LogP contribution is -2.08. The number of ether oxygens (including phenoxy) is 1. The Bertz CT molecular complexity index is 521. The van der Waals surface area contributed by atoms with Crippen molar-refractivity contribution in [3.8, 4) is 5.75 Å². The van der Waals surface area contributed by atoms with Crippen LogP contribution in [-0.2, 0) is 0 Å². The molecule has 0 heterocycles. The lowest BCUT2D eigenvalue weighted by molar-refractivity contribution is 0.291. The highest BCUT2D eigenvalue weighted by Gasteiger charge is 2.18. The second kappa shape index (κ2) is 9.54. The fourth-order valence-electron chi connectivity index (χ4n) is 3.13. The van der Waals surface area contributed by atoms with Crippen molar-refractivity contribution in [2.24, 2.45) is 5.92 Å². The largest absolute Gasteiger partial charge is 0.491 e. The van der Waals surface area contributed by atoms with E-state index in [0.29, 0.717) is 24.2 Å². The number of allylic oxidation sites excluding steroid dienone is 3. The Morgan fingerprint density at radius 1 is 1.26 bits per heavy atom. The SMILES string of the molecule is C=CCCC1C=CC(c2ccc(OCCCCC)c(F)c2)CC1. The van der Waals surface area contributed by atoms with Crippen molar-refractivity contribution in [3.05, 3.63) is 54.4 Å². The van der Waals surface area contributed by atoms with Crippen LogP contribution in [-0.4, -0.2) is 6.61 Å². The maximum atomic E-state index is 14.2. The summed E-state index contributed by atoms with van der Waals surface area (Å²) in [5.74, 6) is 1.13. The van der Waals surface area contributed by atoms with Crippen LogP contribution >= 0.6 is 0 Å². The molecule has 23 heavy (non-hydrogen) atoms. The molecule has 1 aliphatic carbocycles. The number of hydrogen-bond acceptors (Lipinski definition) is 1. The molecule has 0 aliphatic heterocycles. The van der Waals surface area contributed by atoms with E-state index in [2.05, 4.69) is 25.7 Å². The third-order valence-corrected chi connectivity index (χ3v) is 4.60. The highest BCUT2D eigenvalue weighted by atomic mass is 19.1. The topological polar surface area (TPSA) is 9.23 Å². The number of rotatable bonds is 9. The highest BCUT2D eigenvalue weighted by Crippen LogP contribution is 2.33. The average molecular weight is 316 g/mol. The second-order valence-electron chi connectivity index (χ2n) is 6.44. The summed E-state index contributed by atoms with van der Waals surface area (Å²) in [4.78, 5) is 0. The molecule has 2 heteroatoms. The van der Waals surface area contributed by atoms with Gasteiger partial charge in [-0.1, -0.05) is 44.1 Å². The van der Waals surface area contributed by atoms with E-state index in [1.54, 1.807) is 12.1 Å². The maximum absolute atomic E-state index is 14.2. The Morgan fingerprint density at radius 2 is 2.13 bits per heavy atom. The molecule has 0 radical (unpaired) electrons. The van der Waals surface area contributed by atoms with Crippen LogP contribution in [0.4, 0.5) is 4.39 Å². The van der Waals surface area contributed by atoms with Gasteiger partial charge in [0.15, 0.2) is 11.6 Å². The van der Waals surface area contributed by atoms with Crippen LogP contribution in [0, 0.1) is 11.7 Å². The normalized spacial score (nSPS) is 20.4. The molecule has 0 bridgehead atoms. The summed E-state index contributed by atoms with van der Waals surface area (Å²) in [6.45, 7) is 6.52. The summed E-state index contributed by atoms with van der Waals surface area (Å²) < 4.78 is 19.7. The monoisotopic (exact) mass is 316 g/mol. The Labute approximate surface area is 140 Å². The number of halogens is 1. The van der Waals surface area contributed by atoms with E-state index in [1.165, 1.54) is 12.8 Å². The molecule has 1 nitrogen and oxygen atoms in total. The van der Waals surface area contributed by atoms with Gasteiger partial charge in [0.1, 0.15) is 0 Å². The molecule has 1 aromatic carbocycles. The van der Waals surface area contributed by atoms with E-state index >= 15 is 0 Å². The quantitative estimate of drug-likeness (QED) is 0.378. The zero-order chi connectivity index (χ0) is 16.5. The minimum Gasteiger partial charge on any atom is -0.491 e. The van der Waals surface area contributed by atoms with Crippen molar-refractivity contribution in [2.45, 2.75) is 57.8 Å². The highest BCUT2D eigenvalue weighted by molar-refractivity contribution is 5.33. The Hall–Kier alpha value is -1.57. The van der Waals surface area contributed by atoms with Gasteiger partial charge in [-0.05, 0) is 55.7 Å². The third-order valence-electron chi connectivity index (χ3n) is 4.60. The molecule has 0 fully saturated rings. The minimum atomic E-state index is -0.235. The fraction of sp³-hybridized carbons (Fsp3) is 0.524. The summed E-state index contributed by atoms with van der Waals surface area (Å²) in [6, 6.07) is 5.44. The summed E-state index contributed by atoms with van der Waals surface area (Å²) in [5, 5.41) is 0. The predicted octanol–water partition coefficient (Wildman–Crippen LogP) is 6.41. The van der Waals surface area contributed by atoms with Crippen molar-refractivity contribution in [3.63, 3.8) is 0 Å². The van der Waals surface area contributed by atoms with Gasteiger partial charge in [0.2, 0.25) is 0 Å². The first kappa shape index (κ1) is 17.8. The van der Waals surface area contributed by atoms with Crippen molar-refractivity contribution in [2.75, 3.05) is 6.61 Å². The van der Waals surface area contributed by atoms with E-state index in [9.17, 15) is 4.39 Å². The molecule has 0 amide bonds. The molecule has 0 saturated carbocycles. The minimum absolute atomic E-state index is 0.235. The van der Waals surface area contributed by atoms with E-state index in [4.69, 9.17) is 4.74 Å². The Morgan fingerprint density at radius 3 is 2.78 bits per heavy atom. The van der Waals surface area contributed by atoms with Gasteiger partial charge in [0.05, 0.1) is 6.61 Å². The van der Waals surface area contributed by atoms with Crippen LogP contribution in [0.5, 0.6) is 5.75 Å². The number of hydrogen-bond donors (Lipinski definition) is 0. The molecule has 126 valence electrons. The number of benzene rings is 1. The molecule has 0 N–H and O–H groups in total. The average Bonchev–Trinajstić information content (AvgIpc) is 2.58. The van der Waals surface area contributed by atoms with Gasteiger partial charge in [-0.25, -0.2) is 4.39 Å². The van der Waals surface area contributed by atoms with Crippen molar-refractivity contribution >= 4 is 0 Å². The predicted molar refractivity (Wildman–Crippen MR) is 95.5 cm³/mol. The van der Waals surface area contributed by atoms with Gasteiger partial charge in [0, 0.05) is 5.92 Å². The zero-order valence-electron chi connectivity index (χ0n) is 14.3. The lowest BCUT2D eigenvalue weighted by atomic mass is 9.83. The van der Waals surface area contributed by atoms with Crippen molar-refractivity contribution in [1.82, 2.24) is 0 Å². The van der Waals surface area contributed by atoms with E-state index in [1.807, 2.05) is 12.1 Å². The standard InChI is InChI=1S/C21H29FO/c1-3-5-7-15-23-21-14-13-19(16-20(21)22)18-11-9-17(10-12-18)8-6-4-2/h4,9,11,13-14,16-18H,2-3,5-8,10,12,15H2,1H3. The molecular weight excluding hydrogens is 287 g/mol. The first-order valence-electron chi connectivity index (χ1n) is 8.96. The second-order valence-corrected chi connectivity index (χ2v) is 6.44. The van der Waals surface area contributed by atoms with Gasteiger partial charge in [-0.2, -0.15) is 0 Å². The Kier molecular flexibility index (Phi) is 7.38. The van der Waals surface area contributed by atoms with Crippen LogP contribution in [0.3, 0.4) is 0 Å². The van der Waals surface area contributed by atoms with Gasteiger partial charge in [0.25, 0.3) is 0 Å². The molecule has 1 aromatic rings. The smallest absolute Gasteiger partial charge is 0.165 e. The lowest BCUT2D eigenvalue weighted by Gasteiger charge is -2.23. The van der Waals surface area contributed by atoms with Gasteiger partial charge >= 0.3 is 0 Å². The summed E-state index contributed by atoms with van der Waals surface area (Å²) in [7, 11) is 0. The molecule has 2 unspecified atom stereocenters. The van der Waals surface area contributed by atoms with Crippen LogP contribution in [0.2, 0.25) is 0 Å². The first-order chi connectivity index (χ1) is 11.2. The molecule has 2 rings (SSSR count). The van der Waals surface area contributed by atoms with Crippen molar-refractivity contribution in [1.29, 1.82) is 0 Å². The molecule has 2 atom stereocenters. The van der Waals surface area contributed by atoms with Gasteiger partial charge < -0.3 is 4.74 Å². The van der Waals surface area contributed by atoms with Crippen LogP contribution in [0.1, 0.15) is 63.4 Å². The molecule has 1 aliphatic rings. The van der Waals surface area contributed by atoms with E-state index in [0.717, 1.165) is 37.7 Å². The summed E-state index contributed by atoms with van der Waals surface area (Å²) in [6.07, 6.45) is 14.3. The first-order valence-corrected chi connectivity index (χ1v) is 8.96. The third kappa shape index (κ3) is 5.53. The van der Waals surface area contributed by atoms with Gasteiger partial charge in [-0.15, -0.1) is 6.58 Å². The number of unbranched alkanes of at least 4 members (excludes halogenated alkanes) is 2. The van der Waals surface area contributed by atoms with Gasteiger partial charge in [-0.3, -0.25) is 0 Å². The molecule has 0 spiro atoms. The zero-order valence-corrected chi connectivity index (χ0v) is 14.3. The molecule has 0 aromatic heterocycles. The molecular formula is C21H29FO. The van der Waals surface area contributed by atoms with Crippen molar-refractivity contribution < 1.29 is 9.13 Å². The summed E-state index contributed by atoms with van der Waals surface area (Å²) in [5.41, 5.74) is 1.06. The van der Waals surface area contributed by atoms with E-state index in [-0.39, 0.29) is 5.82 Å². The maximum Gasteiger partial charge on any atom is 0.165 e. The van der Waals surface area contributed by atoms with Crippen LogP contribution < -0.4 is 4.74 Å². The molecule has 0 saturated heterocycles. The van der Waals surface area contributed by atoms with Crippen LogP contribution in [0.15, 0.2) is 43.0 Å². The van der Waals surface area contributed by atoms with Crippen LogP contribution in [0.25, 0.3) is 0 Å². The Balaban J connectivity index is 1.91. The summed E-state index contributed by atoms with van der Waals surface area (Å²) >= 11 is 0. The fourth-order valence-corrected chi connectivity index (χ4v) is 3.13.